The number of nitrogens with one attached hydrogen (secondary N) is 1. The van der Waals surface area contributed by atoms with E-state index in [2.05, 4.69) is 10.2 Å². The molecule has 0 spiro atoms. The predicted octanol–water partition coefficient (Wildman–Crippen LogP) is 1.90. The predicted molar refractivity (Wildman–Crippen MR) is 80.9 cm³/mol. The molecular weight excluding hydrogens is 268 g/mol. The van der Waals surface area contributed by atoms with Gasteiger partial charge in [0.2, 0.25) is 5.91 Å². The Morgan fingerprint density at radius 3 is 2.52 bits per heavy atom. The summed E-state index contributed by atoms with van der Waals surface area (Å²) < 4.78 is 4.77. The largest absolute Gasteiger partial charge is 0.469 e. The van der Waals surface area contributed by atoms with Crippen LogP contribution in [0.1, 0.15) is 19.3 Å². The standard InChI is InChI=1S/C16H22N2O3/c1-21-16(20)13-7-10-18(11-8-13)12-9-15(19)17-14-5-3-2-4-6-14/h2-6,13H,7-12H2,1H3,(H,17,19). The average molecular weight is 290 g/mol. The minimum absolute atomic E-state index is 0.0180. The number of piperidine rings is 1. The van der Waals surface area contributed by atoms with E-state index in [9.17, 15) is 9.59 Å². The number of ether oxygens (including phenoxy) is 1. The number of nitrogens with zero attached hydrogens (tertiary/aromatic N) is 1. The number of carbonyl (C=O) groups is 2. The van der Waals surface area contributed by atoms with Crippen molar-refractivity contribution >= 4 is 17.6 Å². The number of likely N-dealkylation sites (tertiary alicyclic amines) is 1. The van der Waals surface area contributed by atoms with Gasteiger partial charge in [0.05, 0.1) is 13.0 Å². The fourth-order valence-electron chi connectivity index (χ4n) is 2.56. The second kappa shape index (κ2) is 7.78. The second-order valence-electron chi connectivity index (χ2n) is 5.30. The highest BCUT2D eigenvalue weighted by Crippen LogP contribution is 2.18. The summed E-state index contributed by atoms with van der Waals surface area (Å²) in [5, 5.41) is 2.88. The lowest BCUT2D eigenvalue weighted by Crippen LogP contribution is -2.38. The first-order valence-electron chi connectivity index (χ1n) is 7.34. The number of anilines is 1. The minimum Gasteiger partial charge on any atom is -0.469 e. The first-order valence-corrected chi connectivity index (χ1v) is 7.34. The quantitative estimate of drug-likeness (QED) is 0.842. The molecule has 0 radical (unpaired) electrons. The topological polar surface area (TPSA) is 58.6 Å². The molecule has 21 heavy (non-hydrogen) atoms. The summed E-state index contributed by atoms with van der Waals surface area (Å²) in [6.45, 7) is 2.42. The molecule has 1 saturated heterocycles. The second-order valence-corrected chi connectivity index (χ2v) is 5.30. The van der Waals surface area contributed by atoms with E-state index in [0.29, 0.717) is 6.42 Å². The van der Waals surface area contributed by atoms with Crippen molar-refractivity contribution in [1.29, 1.82) is 0 Å². The van der Waals surface area contributed by atoms with Gasteiger partial charge in [0, 0.05) is 18.7 Å². The van der Waals surface area contributed by atoms with E-state index in [1.165, 1.54) is 7.11 Å². The zero-order valence-electron chi connectivity index (χ0n) is 12.4. The van der Waals surface area contributed by atoms with Gasteiger partial charge in [0.1, 0.15) is 0 Å². The number of amides is 1. The SMILES string of the molecule is COC(=O)C1CCN(CCC(=O)Nc2ccccc2)CC1. The van der Waals surface area contributed by atoms with Crippen molar-refractivity contribution in [2.45, 2.75) is 19.3 Å². The maximum atomic E-state index is 11.9. The molecule has 1 aliphatic rings. The molecule has 114 valence electrons. The summed E-state index contributed by atoms with van der Waals surface area (Å²) in [4.78, 5) is 25.5. The molecule has 5 nitrogen and oxygen atoms in total. The van der Waals surface area contributed by atoms with Crippen molar-refractivity contribution in [3.63, 3.8) is 0 Å². The maximum Gasteiger partial charge on any atom is 0.308 e. The van der Waals surface area contributed by atoms with Gasteiger partial charge in [-0.1, -0.05) is 18.2 Å². The van der Waals surface area contributed by atoms with Crippen LogP contribution >= 0.6 is 0 Å². The van der Waals surface area contributed by atoms with Crippen molar-refractivity contribution in [3.05, 3.63) is 30.3 Å². The van der Waals surface area contributed by atoms with Gasteiger partial charge in [-0.15, -0.1) is 0 Å². The zero-order chi connectivity index (χ0) is 15.1. The average Bonchev–Trinajstić information content (AvgIpc) is 2.53. The molecule has 5 heteroatoms. The molecule has 1 amide bonds. The van der Waals surface area contributed by atoms with Gasteiger partial charge in [-0.2, -0.15) is 0 Å². The van der Waals surface area contributed by atoms with Gasteiger partial charge in [0.15, 0.2) is 0 Å². The van der Waals surface area contributed by atoms with Crippen LogP contribution in [-0.4, -0.2) is 43.5 Å². The van der Waals surface area contributed by atoms with Crippen molar-refractivity contribution in [1.82, 2.24) is 4.90 Å². The molecule has 1 aromatic carbocycles. The van der Waals surface area contributed by atoms with Crippen LogP contribution in [-0.2, 0) is 14.3 Å². The summed E-state index contributed by atoms with van der Waals surface area (Å²) in [6.07, 6.45) is 2.09. The lowest BCUT2D eigenvalue weighted by atomic mass is 9.97. The van der Waals surface area contributed by atoms with Gasteiger partial charge in [-0.05, 0) is 38.1 Å². The van der Waals surface area contributed by atoms with Crippen LogP contribution < -0.4 is 5.32 Å². The monoisotopic (exact) mass is 290 g/mol. The van der Waals surface area contributed by atoms with Crippen LogP contribution in [0.2, 0.25) is 0 Å². The van der Waals surface area contributed by atoms with Crippen LogP contribution in [0.25, 0.3) is 0 Å². The molecule has 0 aromatic heterocycles. The molecule has 0 aliphatic carbocycles. The third-order valence-corrected chi connectivity index (χ3v) is 3.83. The first kappa shape index (κ1) is 15.5. The zero-order valence-corrected chi connectivity index (χ0v) is 12.4. The van der Waals surface area contributed by atoms with E-state index in [1.807, 2.05) is 30.3 Å². The Hall–Kier alpha value is -1.88. The Kier molecular flexibility index (Phi) is 5.75. The normalized spacial score (nSPS) is 16.4. The fourth-order valence-corrected chi connectivity index (χ4v) is 2.56. The lowest BCUT2D eigenvalue weighted by Gasteiger charge is -2.30. The number of methoxy groups -OCH3 is 1. The Balaban J connectivity index is 1.68. The molecule has 0 atom stereocenters. The Labute approximate surface area is 125 Å². The number of hydrogen-bond donors (Lipinski definition) is 1. The van der Waals surface area contributed by atoms with Gasteiger partial charge in [-0.25, -0.2) is 0 Å². The van der Waals surface area contributed by atoms with Crippen LogP contribution in [0.3, 0.4) is 0 Å². The Morgan fingerprint density at radius 2 is 1.90 bits per heavy atom. The molecule has 0 bridgehead atoms. The van der Waals surface area contributed by atoms with Gasteiger partial charge < -0.3 is 15.0 Å². The van der Waals surface area contributed by atoms with Gasteiger partial charge >= 0.3 is 5.97 Å². The Morgan fingerprint density at radius 1 is 1.24 bits per heavy atom. The van der Waals surface area contributed by atoms with Crippen LogP contribution in [0.4, 0.5) is 5.69 Å². The van der Waals surface area contributed by atoms with E-state index in [4.69, 9.17) is 4.74 Å². The molecule has 1 aromatic rings. The fraction of sp³-hybridized carbons (Fsp3) is 0.500. The van der Waals surface area contributed by atoms with Crippen molar-refractivity contribution in [3.8, 4) is 0 Å². The minimum atomic E-state index is -0.114. The van der Waals surface area contributed by atoms with Crippen LogP contribution in [0.5, 0.6) is 0 Å². The molecule has 0 unspecified atom stereocenters. The number of esters is 1. The summed E-state index contributed by atoms with van der Waals surface area (Å²) in [6, 6.07) is 9.46. The molecular formula is C16H22N2O3. The molecule has 2 rings (SSSR count). The third-order valence-electron chi connectivity index (χ3n) is 3.83. The third kappa shape index (κ3) is 4.86. The molecule has 1 fully saturated rings. The number of rotatable bonds is 5. The smallest absolute Gasteiger partial charge is 0.308 e. The summed E-state index contributed by atoms with van der Waals surface area (Å²) in [5.41, 5.74) is 0.826. The Bertz CT molecular complexity index is 468. The van der Waals surface area contributed by atoms with Crippen LogP contribution in [0.15, 0.2) is 30.3 Å². The summed E-state index contributed by atoms with van der Waals surface area (Å²) in [5.74, 6) is -0.0721. The summed E-state index contributed by atoms with van der Waals surface area (Å²) >= 11 is 0. The van der Waals surface area contributed by atoms with E-state index in [-0.39, 0.29) is 17.8 Å². The van der Waals surface area contributed by atoms with Crippen molar-refractivity contribution in [2.75, 3.05) is 32.1 Å². The van der Waals surface area contributed by atoms with Crippen LogP contribution in [0, 0.1) is 5.92 Å². The van der Waals surface area contributed by atoms with Crippen molar-refractivity contribution in [2.24, 2.45) is 5.92 Å². The van der Waals surface area contributed by atoms with E-state index in [0.717, 1.165) is 38.2 Å². The molecule has 0 saturated carbocycles. The van der Waals surface area contributed by atoms with E-state index < -0.39 is 0 Å². The van der Waals surface area contributed by atoms with E-state index >= 15 is 0 Å². The number of para-hydroxylation sites is 1. The highest BCUT2D eigenvalue weighted by molar-refractivity contribution is 5.90. The highest BCUT2D eigenvalue weighted by atomic mass is 16.5. The number of carbonyl (C=O) groups excluding carboxylic acids is 2. The maximum absolute atomic E-state index is 11.9. The highest BCUT2D eigenvalue weighted by Gasteiger charge is 2.25. The molecule has 1 N–H and O–H groups in total. The van der Waals surface area contributed by atoms with Crippen molar-refractivity contribution < 1.29 is 14.3 Å². The van der Waals surface area contributed by atoms with Gasteiger partial charge in [-0.3, -0.25) is 9.59 Å². The number of benzene rings is 1. The molecule has 1 heterocycles. The molecule has 1 aliphatic heterocycles. The summed E-state index contributed by atoms with van der Waals surface area (Å²) in [7, 11) is 1.43. The first-order chi connectivity index (χ1) is 10.2. The lowest BCUT2D eigenvalue weighted by molar-refractivity contribution is -0.147. The van der Waals surface area contributed by atoms with Gasteiger partial charge in [0.25, 0.3) is 0 Å². The van der Waals surface area contributed by atoms with E-state index in [1.54, 1.807) is 0 Å². The number of hydrogen-bond acceptors (Lipinski definition) is 4.